The molecule has 0 N–H and O–H groups in total. The van der Waals surface area contributed by atoms with Crippen LogP contribution in [0.3, 0.4) is 0 Å². The van der Waals surface area contributed by atoms with E-state index in [-0.39, 0.29) is 6.10 Å². The molecule has 0 unspecified atom stereocenters. The Labute approximate surface area is 130 Å². The van der Waals surface area contributed by atoms with Crippen LogP contribution in [0.2, 0.25) is 0 Å². The summed E-state index contributed by atoms with van der Waals surface area (Å²) in [6.07, 6.45) is 6.01. The van der Waals surface area contributed by atoms with E-state index in [1.165, 1.54) is 0 Å². The number of para-hydroxylation sites is 1. The molecule has 5 heteroatoms. The van der Waals surface area contributed by atoms with Gasteiger partial charge in [0.15, 0.2) is 0 Å². The van der Waals surface area contributed by atoms with Crippen LogP contribution in [0.4, 0.5) is 5.95 Å². The molecule has 1 fully saturated rings. The largest absolute Gasteiger partial charge is 0.496 e. The number of hydrogen-bond donors (Lipinski definition) is 0. The molecule has 0 aliphatic carbocycles. The summed E-state index contributed by atoms with van der Waals surface area (Å²) in [6, 6.07) is 9.88. The lowest BCUT2D eigenvalue weighted by Crippen LogP contribution is -2.33. The third-order valence-electron chi connectivity index (χ3n) is 3.84. The van der Waals surface area contributed by atoms with Gasteiger partial charge >= 0.3 is 0 Å². The predicted octanol–water partition coefficient (Wildman–Crippen LogP) is 2.67. The molecule has 0 radical (unpaired) electrons. The summed E-state index contributed by atoms with van der Waals surface area (Å²) in [5.41, 5.74) is 1.12. The quantitative estimate of drug-likeness (QED) is 0.820. The van der Waals surface area contributed by atoms with Crippen molar-refractivity contribution in [2.45, 2.75) is 25.5 Å². The van der Waals surface area contributed by atoms with Crippen molar-refractivity contribution in [2.24, 2.45) is 0 Å². The Morgan fingerprint density at radius 2 is 2.05 bits per heavy atom. The summed E-state index contributed by atoms with van der Waals surface area (Å²) >= 11 is 0. The number of aromatic nitrogens is 2. The Bertz CT molecular complexity index is 585. The number of benzene rings is 1. The molecule has 5 nitrogen and oxygen atoms in total. The van der Waals surface area contributed by atoms with Gasteiger partial charge in [-0.25, -0.2) is 9.97 Å². The Hall–Kier alpha value is -2.14. The molecule has 22 heavy (non-hydrogen) atoms. The highest BCUT2D eigenvalue weighted by molar-refractivity contribution is 5.38. The Balaban J connectivity index is 1.81. The molecule has 2 heterocycles. The van der Waals surface area contributed by atoms with E-state index >= 15 is 0 Å². The summed E-state index contributed by atoms with van der Waals surface area (Å²) in [7, 11) is 1.70. The third-order valence-corrected chi connectivity index (χ3v) is 3.84. The molecule has 1 saturated heterocycles. The Morgan fingerprint density at radius 3 is 2.77 bits per heavy atom. The minimum Gasteiger partial charge on any atom is -0.496 e. The highest BCUT2D eigenvalue weighted by Crippen LogP contribution is 2.23. The third kappa shape index (κ3) is 3.54. The van der Waals surface area contributed by atoms with Crippen molar-refractivity contribution in [1.29, 1.82) is 0 Å². The molecule has 1 aromatic heterocycles. The normalized spacial score (nSPS) is 17.4. The van der Waals surface area contributed by atoms with Crippen molar-refractivity contribution in [3.8, 4) is 5.75 Å². The van der Waals surface area contributed by atoms with E-state index in [0.717, 1.165) is 43.3 Å². The number of ether oxygens (including phenoxy) is 2. The fourth-order valence-corrected chi connectivity index (χ4v) is 2.74. The lowest BCUT2D eigenvalue weighted by Gasteiger charge is -2.26. The minimum atomic E-state index is 0.249. The molecule has 1 atom stereocenters. The van der Waals surface area contributed by atoms with Gasteiger partial charge in [-0.05, 0) is 25.0 Å². The molecule has 2 aromatic rings. The first-order chi connectivity index (χ1) is 10.9. The first kappa shape index (κ1) is 14.8. The molecule has 0 amide bonds. The maximum Gasteiger partial charge on any atom is 0.225 e. The number of rotatable bonds is 6. The minimum absolute atomic E-state index is 0.249. The molecular weight excluding hydrogens is 278 g/mol. The first-order valence-electron chi connectivity index (χ1n) is 7.62. The van der Waals surface area contributed by atoms with Crippen molar-refractivity contribution in [1.82, 2.24) is 9.97 Å². The summed E-state index contributed by atoms with van der Waals surface area (Å²) < 4.78 is 11.2. The summed E-state index contributed by atoms with van der Waals surface area (Å²) in [5, 5.41) is 0. The van der Waals surface area contributed by atoms with Gasteiger partial charge in [-0.15, -0.1) is 0 Å². The van der Waals surface area contributed by atoms with Crippen molar-refractivity contribution < 1.29 is 9.47 Å². The van der Waals surface area contributed by atoms with Crippen LogP contribution in [-0.2, 0) is 11.3 Å². The average molecular weight is 299 g/mol. The molecule has 1 aromatic carbocycles. The van der Waals surface area contributed by atoms with Gasteiger partial charge in [-0.1, -0.05) is 18.2 Å². The number of methoxy groups -OCH3 is 1. The fraction of sp³-hybridized carbons (Fsp3) is 0.412. The molecule has 1 aliphatic rings. The van der Waals surface area contributed by atoms with E-state index in [2.05, 4.69) is 20.9 Å². The van der Waals surface area contributed by atoms with Gasteiger partial charge < -0.3 is 14.4 Å². The van der Waals surface area contributed by atoms with Gasteiger partial charge in [0.1, 0.15) is 5.75 Å². The maximum absolute atomic E-state index is 5.77. The average Bonchev–Trinajstić information content (AvgIpc) is 3.08. The van der Waals surface area contributed by atoms with E-state index in [9.17, 15) is 0 Å². The second-order valence-corrected chi connectivity index (χ2v) is 5.38. The SMILES string of the molecule is COc1ccccc1CN(C[C@@H]1CCCO1)c1ncccn1. The Morgan fingerprint density at radius 1 is 1.23 bits per heavy atom. The summed E-state index contributed by atoms with van der Waals surface area (Å²) in [6.45, 7) is 2.35. The number of anilines is 1. The van der Waals surface area contributed by atoms with E-state index in [0.29, 0.717) is 6.54 Å². The van der Waals surface area contributed by atoms with Gasteiger partial charge in [0.2, 0.25) is 5.95 Å². The van der Waals surface area contributed by atoms with Crippen molar-refractivity contribution >= 4 is 5.95 Å². The lowest BCUT2D eigenvalue weighted by atomic mass is 10.1. The molecule has 116 valence electrons. The topological polar surface area (TPSA) is 47.5 Å². The smallest absolute Gasteiger partial charge is 0.225 e. The van der Waals surface area contributed by atoms with Gasteiger partial charge in [0.25, 0.3) is 0 Å². The van der Waals surface area contributed by atoms with Gasteiger partial charge in [0, 0.05) is 37.7 Å². The summed E-state index contributed by atoms with van der Waals surface area (Å²) in [5.74, 6) is 1.61. The van der Waals surface area contributed by atoms with Crippen molar-refractivity contribution in [2.75, 3.05) is 25.2 Å². The molecule has 1 aliphatic heterocycles. The van der Waals surface area contributed by atoms with Crippen LogP contribution < -0.4 is 9.64 Å². The Kier molecular flexibility index (Phi) is 4.85. The molecular formula is C17H21N3O2. The zero-order chi connectivity index (χ0) is 15.2. The summed E-state index contributed by atoms with van der Waals surface area (Å²) in [4.78, 5) is 10.9. The first-order valence-corrected chi connectivity index (χ1v) is 7.62. The second kappa shape index (κ2) is 7.22. The maximum atomic E-state index is 5.77. The highest BCUT2D eigenvalue weighted by atomic mass is 16.5. The van der Waals surface area contributed by atoms with Crippen molar-refractivity contribution in [3.63, 3.8) is 0 Å². The van der Waals surface area contributed by atoms with Crippen LogP contribution in [0.1, 0.15) is 18.4 Å². The fourth-order valence-electron chi connectivity index (χ4n) is 2.74. The standard InChI is InChI=1S/C17H21N3O2/c1-21-16-8-3-2-6-14(16)12-20(13-15-7-4-11-22-15)17-18-9-5-10-19-17/h2-3,5-6,8-10,15H,4,7,11-13H2,1H3/t15-/m0/s1. The van der Waals surface area contributed by atoms with Crippen LogP contribution in [0.15, 0.2) is 42.7 Å². The number of hydrogen-bond acceptors (Lipinski definition) is 5. The van der Waals surface area contributed by atoms with Gasteiger partial charge in [0.05, 0.1) is 13.2 Å². The monoisotopic (exact) mass is 299 g/mol. The van der Waals surface area contributed by atoms with E-state index < -0.39 is 0 Å². The van der Waals surface area contributed by atoms with Crippen molar-refractivity contribution in [3.05, 3.63) is 48.3 Å². The van der Waals surface area contributed by atoms with Crippen LogP contribution in [0, 0.1) is 0 Å². The second-order valence-electron chi connectivity index (χ2n) is 5.38. The van der Waals surface area contributed by atoms with E-state index in [4.69, 9.17) is 9.47 Å². The van der Waals surface area contributed by atoms with Crippen LogP contribution >= 0.6 is 0 Å². The molecule has 0 saturated carbocycles. The predicted molar refractivity (Wildman–Crippen MR) is 85.1 cm³/mol. The molecule has 3 rings (SSSR count). The van der Waals surface area contributed by atoms with Gasteiger partial charge in [-0.2, -0.15) is 0 Å². The van der Waals surface area contributed by atoms with E-state index in [1.807, 2.05) is 24.3 Å². The highest BCUT2D eigenvalue weighted by Gasteiger charge is 2.21. The van der Waals surface area contributed by atoms with Crippen LogP contribution in [0.25, 0.3) is 0 Å². The van der Waals surface area contributed by atoms with Crippen LogP contribution in [-0.4, -0.2) is 36.3 Å². The van der Waals surface area contributed by atoms with Gasteiger partial charge in [-0.3, -0.25) is 0 Å². The van der Waals surface area contributed by atoms with E-state index in [1.54, 1.807) is 19.5 Å². The zero-order valence-corrected chi connectivity index (χ0v) is 12.8. The molecule has 0 bridgehead atoms. The van der Waals surface area contributed by atoms with Crippen LogP contribution in [0.5, 0.6) is 5.75 Å². The lowest BCUT2D eigenvalue weighted by molar-refractivity contribution is 0.115. The molecule has 0 spiro atoms. The number of nitrogens with zero attached hydrogens (tertiary/aromatic N) is 3. The zero-order valence-electron chi connectivity index (χ0n) is 12.8.